The minimum Gasteiger partial charge on any atom is -0.491 e. The highest BCUT2D eigenvalue weighted by atomic mass is 16.5. The molecule has 0 spiro atoms. The number of hydrogen-bond acceptors (Lipinski definition) is 4. The molecule has 2 rings (SSSR count). The van der Waals surface area contributed by atoms with Crippen molar-refractivity contribution in [1.29, 1.82) is 0 Å². The van der Waals surface area contributed by atoms with Crippen LogP contribution in [0.15, 0.2) is 48.5 Å². The molecule has 0 bridgehead atoms. The minimum absolute atomic E-state index is 0.0828. The zero-order valence-corrected chi connectivity index (χ0v) is 17.5. The van der Waals surface area contributed by atoms with Crippen molar-refractivity contribution in [3.8, 4) is 5.75 Å². The molecule has 3 N–H and O–H groups in total. The van der Waals surface area contributed by atoms with Gasteiger partial charge in [0, 0.05) is 17.8 Å². The summed E-state index contributed by atoms with van der Waals surface area (Å²) in [5.41, 5.74) is 1.93. The summed E-state index contributed by atoms with van der Waals surface area (Å²) in [6.45, 7) is 7.55. The summed E-state index contributed by atoms with van der Waals surface area (Å²) >= 11 is 0. The third-order valence-corrected chi connectivity index (χ3v) is 4.13. The first kappa shape index (κ1) is 22.3. The largest absolute Gasteiger partial charge is 0.491 e. The number of ether oxygens (including phenoxy) is 1. The number of rotatable bonds is 11. The molecule has 0 atom stereocenters. The third-order valence-electron chi connectivity index (χ3n) is 4.13. The van der Waals surface area contributed by atoms with Gasteiger partial charge < -0.3 is 20.7 Å². The highest BCUT2D eigenvalue weighted by Crippen LogP contribution is 2.24. The van der Waals surface area contributed by atoms with Crippen molar-refractivity contribution in [3.63, 3.8) is 0 Å². The molecule has 0 saturated carbocycles. The Balaban J connectivity index is 1.90. The number of carbonyl (C=O) groups is 2. The molecule has 2 amide bonds. The molecule has 156 valence electrons. The van der Waals surface area contributed by atoms with Crippen molar-refractivity contribution >= 4 is 23.2 Å². The van der Waals surface area contributed by atoms with Crippen LogP contribution in [0.3, 0.4) is 0 Å². The molecule has 0 heterocycles. The Morgan fingerprint density at radius 2 is 1.86 bits per heavy atom. The van der Waals surface area contributed by atoms with E-state index in [2.05, 4.69) is 36.7 Å². The zero-order chi connectivity index (χ0) is 21.1. The van der Waals surface area contributed by atoms with E-state index in [1.165, 1.54) is 0 Å². The van der Waals surface area contributed by atoms with Crippen molar-refractivity contribution in [2.24, 2.45) is 5.92 Å². The Hall–Kier alpha value is -3.02. The first-order valence-electron chi connectivity index (χ1n) is 10.1. The van der Waals surface area contributed by atoms with Gasteiger partial charge in [-0.2, -0.15) is 0 Å². The summed E-state index contributed by atoms with van der Waals surface area (Å²) in [6, 6.07) is 14.5. The van der Waals surface area contributed by atoms with Crippen LogP contribution in [0, 0.1) is 5.92 Å². The molecular formula is C23H31N3O3. The molecule has 29 heavy (non-hydrogen) atoms. The average Bonchev–Trinajstić information content (AvgIpc) is 2.72. The van der Waals surface area contributed by atoms with Gasteiger partial charge in [0.05, 0.1) is 18.8 Å². The zero-order valence-electron chi connectivity index (χ0n) is 17.5. The standard InChI is InChI=1S/C23H31N3O3/c1-4-5-13-24-23(28)18-9-8-10-19(14-18)25-15-22(27)26-20-11-6-7-12-21(20)29-16-17(2)3/h6-12,14,17,25H,4-5,13,15-16H2,1-3H3,(H,24,28)(H,26,27). The van der Waals surface area contributed by atoms with Gasteiger partial charge in [0.25, 0.3) is 5.91 Å². The van der Waals surface area contributed by atoms with Crippen LogP contribution in [0.5, 0.6) is 5.75 Å². The fourth-order valence-corrected chi connectivity index (χ4v) is 2.58. The van der Waals surface area contributed by atoms with Crippen LogP contribution in [0.2, 0.25) is 0 Å². The second kappa shape index (κ2) is 11.7. The van der Waals surface area contributed by atoms with E-state index < -0.39 is 0 Å². The van der Waals surface area contributed by atoms with Gasteiger partial charge in [0.2, 0.25) is 5.91 Å². The van der Waals surface area contributed by atoms with Gasteiger partial charge >= 0.3 is 0 Å². The third kappa shape index (κ3) is 7.86. The van der Waals surface area contributed by atoms with Crippen molar-refractivity contribution in [2.75, 3.05) is 30.3 Å². The number of hydrogen-bond donors (Lipinski definition) is 3. The maximum atomic E-state index is 12.4. The highest BCUT2D eigenvalue weighted by Gasteiger charge is 2.09. The number of anilines is 2. The normalized spacial score (nSPS) is 10.5. The average molecular weight is 398 g/mol. The SMILES string of the molecule is CCCCNC(=O)c1cccc(NCC(=O)Nc2ccccc2OCC(C)C)c1. The van der Waals surface area contributed by atoms with E-state index in [0.29, 0.717) is 41.8 Å². The molecule has 0 aliphatic rings. The fraction of sp³-hybridized carbons (Fsp3) is 0.391. The van der Waals surface area contributed by atoms with Gasteiger partial charge in [-0.25, -0.2) is 0 Å². The van der Waals surface area contributed by atoms with E-state index in [1.807, 2.05) is 30.3 Å². The van der Waals surface area contributed by atoms with Crippen LogP contribution >= 0.6 is 0 Å². The number of carbonyl (C=O) groups excluding carboxylic acids is 2. The maximum absolute atomic E-state index is 12.4. The number of nitrogens with one attached hydrogen (secondary N) is 3. The maximum Gasteiger partial charge on any atom is 0.251 e. The van der Waals surface area contributed by atoms with Crippen molar-refractivity contribution in [1.82, 2.24) is 5.32 Å². The molecule has 0 radical (unpaired) electrons. The van der Waals surface area contributed by atoms with Gasteiger partial charge in [0.1, 0.15) is 5.75 Å². The molecule has 0 saturated heterocycles. The van der Waals surface area contributed by atoms with Crippen molar-refractivity contribution in [3.05, 3.63) is 54.1 Å². The second-order valence-corrected chi connectivity index (χ2v) is 7.29. The van der Waals surface area contributed by atoms with Crippen molar-refractivity contribution < 1.29 is 14.3 Å². The molecule has 2 aromatic rings. The number of para-hydroxylation sites is 2. The monoisotopic (exact) mass is 397 g/mol. The van der Waals surface area contributed by atoms with Crippen LogP contribution in [0.4, 0.5) is 11.4 Å². The summed E-state index contributed by atoms with van der Waals surface area (Å²) in [7, 11) is 0. The molecule has 0 aliphatic carbocycles. The number of unbranched alkanes of at least 4 members (excludes halogenated alkanes) is 1. The van der Waals surface area contributed by atoms with E-state index in [1.54, 1.807) is 18.2 Å². The summed E-state index contributed by atoms with van der Waals surface area (Å²) in [6.07, 6.45) is 1.98. The molecule has 2 aromatic carbocycles. The summed E-state index contributed by atoms with van der Waals surface area (Å²) < 4.78 is 5.77. The van der Waals surface area contributed by atoms with Gasteiger partial charge in [-0.3, -0.25) is 9.59 Å². The van der Waals surface area contributed by atoms with Gasteiger partial charge in [0.15, 0.2) is 0 Å². The molecule has 6 nitrogen and oxygen atoms in total. The van der Waals surface area contributed by atoms with Crippen molar-refractivity contribution in [2.45, 2.75) is 33.6 Å². The van der Waals surface area contributed by atoms with Crippen LogP contribution < -0.4 is 20.7 Å². The van der Waals surface area contributed by atoms with Crippen LogP contribution in [0.25, 0.3) is 0 Å². The first-order valence-corrected chi connectivity index (χ1v) is 10.1. The Bertz CT molecular complexity index is 805. The van der Waals surface area contributed by atoms with Crippen LogP contribution in [0.1, 0.15) is 44.0 Å². The Labute approximate surface area is 173 Å². The topological polar surface area (TPSA) is 79.5 Å². The van der Waals surface area contributed by atoms with E-state index >= 15 is 0 Å². The molecule has 6 heteroatoms. The second-order valence-electron chi connectivity index (χ2n) is 7.29. The lowest BCUT2D eigenvalue weighted by Crippen LogP contribution is -2.25. The predicted molar refractivity (Wildman–Crippen MR) is 118 cm³/mol. The summed E-state index contributed by atoms with van der Waals surface area (Å²) in [5.74, 6) is 0.748. The fourth-order valence-electron chi connectivity index (χ4n) is 2.58. The van der Waals surface area contributed by atoms with Crippen LogP contribution in [-0.2, 0) is 4.79 Å². The lowest BCUT2D eigenvalue weighted by molar-refractivity contribution is -0.114. The van der Waals surface area contributed by atoms with E-state index in [-0.39, 0.29) is 18.4 Å². The number of amides is 2. The van der Waals surface area contributed by atoms with Gasteiger partial charge in [-0.05, 0) is 42.7 Å². The van der Waals surface area contributed by atoms with E-state index in [0.717, 1.165) is 12.8 Å². The molecule has 0 fully saturated rings. The smallest absolute Gasteiger partial charge is 0.251 e. The summed E-state index contributed by atoms with van der Waals surface area (Å²) in [4.78, 5) is 24.5. The quantitative estimate of drug-likeness (QED) is 0.494. The highest BCUT2D eigenvalue weighted by molar-refractivity contribution is 5.96. The molecule has 0 unspecified atom stereocenters. The minimum atomic E-state index is -0.191. The lowest BCUT2D eigenvalue weighted by Gasteiger charge is -2.14. The van der Waals surface area contributed by atoms with E-state index in [9.17, 15) is 9.59 Å². The Morgan fingerprint density at radius 1 is 1.07 bits per heavy atom. The first-order chi connectivity index (χ1) is 14.0. The van der Waals surface area contributed by atoms with Gasteiger partial charge in [-0.15, -0.1) is 0 Å². The molecular weight excluding hydrogens is 366 g/mol. The predicted octanol–water partition coefficient (Wildman–Crippen LogP) is 4.30. The summed E-state index contributed by atoms with van der Waals surface area (Å²) in [5, 5.41) is 8.83. The number of benzene rings is 2. The van der Waals surface area contributed by atoms with Crippen LogP contribution in [-0.4, -0.2) is 31.5 Å². The van der Waals surface area contributed by atoms with E-state index in [4.69, 9.17) is 4.74 Å². The van der Waals surface area contributed by atoms with Gasteiger partial charge in [-0.1, -0.05) is 45.4 Å². The Kier molecular flexibility index (Phi) is 9.02. The Morgan fingerprint density at radius 3 is 2.62 bits per heavy atom. The molecule has 0 aromatic heterocycles. The lowest BCUT2D eigenvalue weighted by atomic mass is 10.2. The molecule has 0 aliphatic heterocycles.